The monoisotopic (exact) mass is 1110 g/mol. The van der Waals surface area contributed by atoms with Gasteiger partial charge >= 0.3 is 34.1 Å². The van der Waals surface area contributed by atoms with E-state index >= 15 is 0 Å². The summed E-state index contributed by atoms with van der Waals surface area (Å²) in [6.45, 7) is 3.97. The summed E-state index contributed by atoms with van der Waals surface area (Å²) in [5, 5.41) is 12.6. The minimum absolute atomic E-state index is 0. The second-order valence-corrected chi connectivity index (χ2v) is 21.4. The van der Waals surface area contributed by atoms with Crippen molar-refractivity contribution in [3.05, 3.63) is 286 Å². The molecule has 73 heavy (non-hydrogen) atoms. The van der Waals surface area contributed by atoms with Gasteiger partial charge in [0.15, 0.2) is 0 Å². The number of carbonyl (C=O) groups is 2. The summed E-state index contributed by atoms with van der Waals surface area (Å²) in [7, 11) is -1.34. The fourth-order valence-electron chi connectivity index (χ4n) is 6.87. The van der Waals surface area contributed by atoms with Crippen molar-refractivity contribution in [2.75, 3.05) is 13.2 Å². The van der Waals surface area contributed by atoms with E-state index in [1.54, 1.807) is 25.7 Å². The summed E-state index contributed by atoms with van der Waals surface area (Å²) in [6, 6.07) is 97.0. The molecule has 4 nitrogen and oxygen atoms in total. The minimum atomic E-state index is -0.706. The van der Waals surface area contributed by atoms with E-state index < -0.39 is 35.7 Å². The fraction of sp³-hybridized carbons (Fsp3) is 0.0625. The van der Waals surface area contributed by atoms with Crippen LogP contribution in [0.15, 0.2) is 273 Å². The summed E-state index contributed by atoms with van der Waals surface area (Å²) in [4.78, 5) is 19.8. The van der Waals surface area contributed by atoms with Crippen molar-refractivity contribution in [3.63, 3.8) is 0 Å². The zero-order chi connectivity index (χ0) is 50.1. The Hall–Kier alpha value is -6.63. The van der Waals surface area contributed by atoms with Crippen LogP contribution in [0.2, 0.25) is 0 Å². The maximum Gasteiger partial charge on any atom is 1.00 e. The summed E-state index contributed by atoms with van der Waals surface area (Å²) in [6.07, 6.45) is 12.4. The predicted octanol–water partition coefficient (Wildman–Crippen LogP) is 10.6. The van der Waals surface area contributed by atoms with Crippen LogP contribution >= 0.6 is 23.8 Å². The van der Waals surface area contributed by atoms with Crippen molar-refractivity contribution < 1.29 is 53.2 Å². The average molecular weight is 1110 g/mol. The molecular weight excluding hydrogens is 1050 g/mol. The molecule has 0 atom stereocenters. The van der Waals surface area contributed by atoms with E-state index in [2.05, 4.69) is 282 Å². The van der Waals surface area contributed by atoms with Gasteiger partial charge in [-0.1, -0.05) is 273 Å². The predicted molar refractivity (Wildman–Crippen MR) is 303 cm³/mol. The smallest absolute Gasteiger partial charge is 0.542 e. The third-order valence-corrected chi connectivity index (χ3v) is 17.2. The van der Waals surface area contributed by atoms with Crippen molar-refractivity contribution in [1.82, 2.24) is 0 Å². The van der Waals surface area contributed by atoms with Crippen molar-refractivity contribution >= 4 is 83.4 Å². The van der Waals surface area contributed by atoms with Gasteiger partial charge in [0.25, 0.3) is 0 Å². The molecule has 0 saturated carbocycles. The topological polar surface area (TPSA) is 52.6 Å². The minimum Gasteiger partial charge on any atom is -0.542 e. The van der Waals surface area contributed by atoms with Crippen LogP contribution in [-0.2, 0) is 53.2 Å². The molecule has 0 radical (unpaired) electrons. The number of carbonyl (C=O) groups excluding carboxylic acids is 2. The van der Waals surface area contributed by atoms with Gasteiger partial charge < -0.3 is 31.9 Å². The molecule has 9 heteroatoms. The molecule has 9 rings (SSSR count). The van der Waals surface area contributed by atoms with Gasteiger partial charge in [-0.15, -0.1) is 0 Å². The first-order chi connectivity index (χ1) is 35.0. The van der Waals surface area contributed by atoms with Crippen LogP contribution in [0.25, 0.3) is 0 Å². The first-order valence-corrected chi connectivity index (χ1v) is 27.0. The van der Waals surface area contributed by atoms with Crippen LogP contribution in [0.1, 0.15) is 13.8 Å². The Morgan fingerprint density at radius 3 is 0.507 bits per heavy atom. The first-order valence-electron chi connectivity index (χ1n) is 23.0. The third-order valence-electron chi connectivity index (χ3n) is 9.88. The summed E-state index contributed by atoms with van der Waals surface area (Å²) < 4.78 is 8.51. The van der Waals surface area contributed by atoms with Gasteiger partial charge in [0.1, 0.15) is 0 Å². The number of hydrogen-bond acceptors (Lipinski definition) is 4. The van der Waals surface area contributed by atoms with Crippen molar-refractivity contribution in [2.45, 2.75) is 13.8 Å². The summed E-state index contributed by atoms with van der Waals surface area (Å²) in [5.41, 5.74) is 0. The molecule has 0 aliphatic heterocycles. The summed E-state index contributed by atoms with van der Waals surface area (Å²) >= 11 is 0. The number of hydrogen-bond donors (Lipinski definition) is 0. The molecule has 0 fully saturated rings. The molecule has 0 aromatic heterocycles. The van der Waals surface area contributed by atoms with Crippen molar-refractivity contribution in [3.8, 4) is 11.8 Å². The molecule has 0 aliphatic rings. The van der Waals surface area contributed by atoms with Crippen LogP contribution in [-0.4, -0.2) is 25.2 Å². The Balaban J connectivity index is 0.000000253. The van der Waals surface area contributed by atoms with E-state index in [0.717, 1.165) is 0 Å². The molecule has 0 unspecified atom stereocenters. The van der Waals surface area contributed by atoms with Gasteiger partial charge in [0.2, 0.25) is 11.9 Å². The van der Waals surface area contributed by atoms with Crippen LogP contribution in [0, 0.1) is 24.7 Å². The Morgan fingerprint density at radius 1 is 0.301 bits per heavy atom. The average Bonchev–Trinajstić information content (AvgIpc) is 3.45. The normalized spacial score (nSPS) is 9.58. The molecule has 0 aliphatic carbocycles. The van der Waals surface area contributed by atoms with E-state index in [4.69, 9.17) is 12.8 Å². The molecule has 0 heterocycles. The molecule has 0 amide bonds. The Kier molecular flexibility index (Phi) is 30.2. The second kappa shape index (κ2) is 36.3. The van der Waals surface area contributed by atoms with E-state index in [0.29, 0.717) is 13.2 Å². The molecule has 372 valence electrons. The third kappa shape index (κ3) is 21.2. The largest absolute Gasteiger partial charge is 1.00 e. The SMILES string of the molecule is [C-]#CC(=O)OCC.[C-]#CC(=O)OCC.[Cu+].[Cu+].c1ccc(P(c2ccccc2)c2ccccc2)cc1.c1ccc(P(c2ccccc2)c2ccccc2)cc1.c1ccc(P(c2ccccc2)c2ccccc2)cc1. The van der Waals surface area contributed by atoms with Crippen LogP contribution in [0.3, 0.4) is 0 Å². The van der Waals surface area contributed by atoms with E-state index in [1.165, 1.54) is 47.7 Å². The van der Waals surface area contributed by atoms with Crippen LogP contribution in [0.4, 0.5) is 0 Å². The van der Waals surface area contributed by atoms with Gasteiger partial charge in [-0.3, -0.25) is 0 Å². The molecule has 9 aromatic carbocycles. The second-order valence-electron chi connectivity index (χ2n) is 14.7. The van der Waals surface area contributed by atoms with Crippen molar-refractivity contribution in [2.24, 2.45) is 0 Å². The Morgan fingerprint density at radius 2 is 0.425 bits per heavy atom. The Bertz CT molecular complexity index is 2340. The quantitative estimate of drug-likeness (QED) is 0.0426. The zero-order valence-electron chi connectivity index (χ0n) is 40.5. The molecular formula is C64H55Cu2O4P3. The van der Waals surface area contributed by atoms with Gasteiger partial charge in [-0.05, 0) is 85.4 Å². The van der Waals surface area contributed by atoms with Gasteiger partial charge in [0.05, 0.1) is 13.2 Å². The summed E-state index contributed by atoms with van der Waals surface area (Å²) in [5.74, 6) is 1.70. The number of rotatable bonds is 11. The maximum absolute atomic E-state index is 9.89. The zero-order valence-corrected chi connectivity index (χ0v) is 45.0. The van der Waals surface area contributed by atoms with Gasteiger partial charge in [-0.25, -0.2) is 11.8 Å². The van der Waals surface area contributed by atoms with E-state index in [9.17, 15) is 9.59 Å². The standard InChI is InChI=1S/3C18H15P.2C5H5O2.2Cu/c3*1-4-10-16(11-5-1)19(17-12-6-2-7-13-17)18-14-8-3-9-15-18;2*1-3-5(6)7-4-2;;/h3*1-15H;2*4H2,2H3;;/q;;;2*-1;2*+1. The van der Waals surface area contributed by atoms with E-state index in [1.807, 2.05) is 0 Å². The molecule has 0 saturated heterocycles. The van der Waals surface area contributed by atoms with Gasteiger partial charge in [0, 0.05) is 0 Å². The maximum atomic E-state index is 9.89. The first kappa shape index (κ1) is 60.7. The Labute approximate surface area is 458 Å². The molecule has 0 N–H and O–H groups in total. The number of benzene rings is 9. The van der Waals surface area contributed by atoms with Gasteiger partial charge in [-0.2, -0.15) is 0 Å². The van der Waals surface area contributed by atoms with Crippen LogP contribution in [0.5, 0.6) is 0 Å². The molecule has 9 aromatic rings. The van der Waals surface area contributed by atoms with Crippen molar-refractivity contribution in [1.29, 1.82) is 0 Å². The number of esters is 2. The molecule has 0 bridgehead atoms. The molecule has 0 spiro atoms. The van der Waals surface area contributed by atoms with E-state index in [-0.39, 0.29) is 34.1 Å². The fourth-order valence-corrected chi connectivity index (χ4v) is 13.8. The number of ether oxygens (including phenoxy) is 2. The van der Waals surface area contributed by atoms with Crippen LogP contribution < -0.4 is 47.7 Å².